The summed E-state index contributed by atoms with van der Waals surface area (Å²) in [6.45, 7) is 8.21. The first-order valence-electron chi connectivity index (χ1n) is 6.07. The van der Waals surface area contributed by atoms with Crippen LogP contribution in [0, 0.1) is 20.8 Å². The van der Waals surface area contributed by atoms with Crippen LogP contribution in [-0.4, -0.2) is 18.0 Å². The molecular weight excluding hydrogens is 212 g/mol. The Morgan fingerprint density at radius 3 is 2.18 bits per heavy atom. The Morgan fingerprint density at radius 1 is 1.24 bits per heavy atom. The molecule has 2 N–H and O–H groups in total. The second kappa shape index (κ2) is 4.15. The standard InChI is InChI=1S/C14H20N2O/c1-8-5-9(2)14(10(3)6-8)16-11(4)12(15)7-13(16)17/h5-6,11-12H,7,15H2,1-4H3. The summed E-state index contributed by atoms with van der Waals surface area (Å²) in [5.74, 6) is 0.139. The molecule has 0 bridgehead atoms. The van der Waals surface area contributed by atoms with Crippen LogP contribution in [0.25, 0.3) is 0 Å². The summed E-state index contributed by atoms with van der Waals surface area (Å²) in [5.41, 5.74) is 10.5. The monoisotopic (exact) mass is 232 g/mol. The lowest BCUT2D eigenvalue weighted by Crippen LogP contribution is -2.38. The maximum absolute atomic E-state index is 12.0. The molecule has 1 heterocycles. The fourth-order valence-electron chi connectivity index (χ4n) is 2.77. The van der Waals surface area contributed by atoms with E-state index in [1.807, 2.05) is 11.8 Å². The second-order valence-corrected chi connectivity index (χ2v) is 5.12. The third-order valence-corrected chi connectivity index (χ3v) is 3.58. The van der Waals surface area contributed by atoms with Gasteiger partial charge in [-0.1, -0.05) is 17.7 Å². The van der Waals surface area contributed by atoms with Gasteiger partial charge in [0.25, 0.3) is 0 Å². The first-order valence-corrected chi connectivity index (χ1v) is 6.07. The van der Waals surface area contributed by atoms with E-state index in [0.29, 0.717) is 6.42 Å². The van der Waals surface area contributed by atoms with Crippen LogP contribution < -0.4 is 10.6 Å². The molecule has 3 heteroatoms. The normalized spacial score (nSPS) is 24.5. The van der Waals surface area contributed by atoms with Gasteiger partial charge in [0.05, 0.1) is 0 Å². The van der Waals surface area contributed by atoms with Crippen molar-refractivity contribution in [3.8, 4) is 0 Å². The summed E-state index contributed by atoms with van der Waals surface area (Å²) < 4.78 is 0. The van der Waals surface area contributed by atoms with Crippen LogP contribution in [0.3, 0.4) is 0 Å². The average molecular weight is 232 g/mol. The Morgan fingerprint density at radius 2 is 1.76 bits per heavy atom. The zero-order valence-corrected chi connectivity index (χ0v) is 10.9. The van der Waals surface area contributed by atoms with E-state index in [4.69, 9.17) is 5.73 Å². The van der Waals surface area contributed by atoms with Gasteiger partial charge < -0.3 is 10.6 Å². The van der Waals surface area contributed by atoms with Gasteiger partial charge in [-0.15, -0.1) is 0 Å². The van der Waals surface area contributed by atoms with Crippen molar-refractivity contribution in [1.82, 2.24) is 0 Å². The Balaban J connectivity index is 2.51. The first-order chi connectivity index (χ1) is 7.91. The van der Waals surface area contributed by atoms with E-state index in [-0.39, 0.29) is 18.0 Å². The molecule has 17 heavy (non-hydrogen) atoms. The van der Waals surface area contributed by atoms with Gasteiger partial charge in [-0.25, -0.2) is 0 Å². The van der Waals surface area contributed by atoms with Gasteiger partial charge in [0.1, 0.15) is 0 Å². The number of amides is 1. The molecule has 1 aromatic rings. The first kappa shape index (κ1) is 12.1. The molecule has 1 aromatic carbocycles. The Labute approximate surface area is 103 Å². The predicted octanol–water partition coefficient (Wildman–Crippen LogP) is 2.06. The molecular formula is C14H20N2O. The lowest BCUT2D eigenvalue weighted by Gasteiger charge is -2.27. The number of hydrogen-bond donors (Lipinski definition) is 1. The average Bonchev–Trinajstić information content (AvgIpc) is 2.43. The molecule has 0 radical (unpaired) electrons. The Hall–Kier alpha value is -1.35. The molecule has 0 aromatic heterocycles. The fourth-order valence-corrected chi connectivity index (χ4v) is 2.77. The molecule has 1 saturated heterocycles. The Kier molecular flexibility index (Phi) is 2.96. The summed E-state index contributed by atoms with van der Waals surface area (Å²) in [4.78, 5) is 13.9. The van der Waals surface area contributed by atoms with Crippen LogP contribution in [0.15, 0.2) is 12.1 Å². The predicted molar refractivity (Wildman–Crippen MR) is 70.2 cm³/mol. The van der Waals surface area contributed by atoms with Crippen LogP contribution in [0.5, 0.6) is 0 Å². The summed E-state index contributed by atoms with van der Waals surface area (Å²) in [7, 11) is 0. The summed E-state index contributed by atoms with van der Waals surface area (Å²) in [5, 5.41) is 0. The van der Waals surface area contributed by atoms with Crippen molar-refractivity contribution < 1.29 is 4.79 Å². The molecule has 0 saturated carbocycles. The van der Waals surface area contributed by atoms with E-state index in [2.05, 4.69) is 32.9 Å². The van der Waals surface area contributed by atoms with E-state index in [1.54, 1.807) is 0 Å². The molecule has 0 spiro atoms. The van der Waals surface area contributed by atoms with Crippen molar-refractivity contribution in [2.75, 3.05) is 4.90 Å². The molecule has 1 amide bonds. The van der Waals surface area contributed by atoms with Gasteiger partial charge in [-0.3, -0.25) is 4.79 Å². The SMILES string of the molecule is Cc1cc(C)c(N2C(=O)CC(N)C2C)c(C)c1. The van der Waals surface area contributed by atoms with Gasteiger partial charge in [0.2, 0.25) is 5.91 Å². The zero-order chi connectivity index (χ0) is 12.7. The minimum atomic E-state index is -0.0531. The van der Waals surface area contributed by atoms with Crippen molar-refractivity contribution in [1.29, 1.82) is 0 Å². The van der Waals surface area contributed by atoms with Gasteiger partial charge in [-0.2, -0.15) is 0 Å². The van der Waals surface area contributed by atoms with Crippen LogP contribution in [0.1, 0.15) is 30.0 Å². The van der Waals surface area contributed by atoms with Gasteiger partial charge in [0.15, 0.2) is 0 Å². The third-order valence-electron chi connectivity index (χ3n) is 3.58. The van der Waals surface area contributed by atoms with Crippen molar-refractivity contribution in [2.45, 2.75) is 46.2 Å². The van der Waals surface area contributed by atoms with Crippen LogP contribution in [0.2, 0.25) is 0 Å². The topological polar surface area (TPSA) is 46.3 Å². The van der Waals surface area contributed by atoms with Crippen LogP contribution >= 0.6 is 0 Å². The van der Waals surface area contributed by atoms with Crippen molar-refractivity contribution in [2.24, 2.45) is 5.73 Å². The van der Waals surface area contributed by atoms with Gasteiger partial charge in [-0.05, 0) is 38.8 Å². The van der Waals surface area contributed by atoms with Crippen LogP contribution in [0.4, 0.5) is 5.69 Å². The smallest absolute Gasteiger partial charge is 0.228 e. The molecule has 2 rings (SSSR count). The molecule has 1 aliphatic heterocycles. The number of nitrogens with two attached hydrogens (primary N) is 1. The number of benzene rings is 1. The minimum absolute atomic E-state index is 0.0531. The summed E-state index contributed by atoms with van der Waals surface area (Å²) in [6.07, 6.45) is 0.452. The molecule has 2 unspecified atom stereocenters. The zero-order valence-electron chi connectivity index (χ0n) is 10.9. The lowest BCUT2D eigenvalue weighted by molar-refractivity contribution is -0.117. The summed E-state index contributed by atoms with van der Waals surface area (Å²) >= 11 is 0. The van der Waals surface area contributed by atoms with Crippen LogP contribution in [-0.2, 0) is 4.79 Å². The summed E-state index contributed by atoms with van der Waals surface area (Å²) in [6, 6.07) is 4.27. The maximum Gasteiger partial charge on any atom is 0.228 e. The van der Waals surface area contributed by atoms with E-state index in [0.717, 1.165) is 16.8 Å². The van der Waals surface area contributed by atoms with E-state index in [9.17, 15) is 4.79 Å². The highest BCUT2D eigenvalue weighted by molar-refractivity contribution is 5.98. The highest BCUT2D eigenvalue weighted by Gasteiger charge is 2.36. The lowest BCUT2D eigenvalue weighted by atomic mass is 10.0. The van der Waals surface area contributed by atoms with E-state index < -0.39 is 0 Å². The Bertz CT molecular complexity index is 444. The highest BCUT2D eigenvalue weighted by atomic mass is 16.2. The molecule has 92 valence electrons. The van der Waals surface area contributed by atoms with Crippen molar-refractivity contribution in [3.63, 3.8) is 0 Å². The van der Waals surface area contributed by atoms with E-state index >= 15 is 0 Å². The quantitative estimate of drug-likeness (QED) is 0.805. The molecule has 2 atom stereocenters. The molecule has 1 fully saturated rings. The number of anilines is 1. The molecule has 0 aliphatic carbocycles. The molecule has 3 nitrogen and oxygen atoms in total. The minimum Gasteiger partial charge on any atom is -0.325 e. The number of carbonyl (C=O) groups is 1. The fraction of sp³-hybridized carbons (Fsp3) is 0.500. The molecule has 1 aliphatic rings. The third kappa shape index (κ3) is 1.95. The number of aryl methyl sites for hydroxylation is 3. The number of carbonyl (C=O) groups excluding carboxylic acids is 1. The second-order valence-electron chi connectivity index (χ2n) is 5.12. The van der Waals surface area contributed by atoms with E-state index in [1.165, 1.54) is 5.56 Å². The van der Waals surface area contributed by atoms with Gasteiger partial charge in [0, 0.05) is 24.2 Å². The number of hydrogen-bond acceptors (Lipinski definition) is 2. The maximum atomic E-state index is 12.0. The van der Waals surface area contributed by atoms with Crippen molar-refractivity contribution in [3.05, 3.63) is 28.8 Å². The number of nitrogens with zero attached hydrogens (tertiary/aromatic N) is 1. The van der Waals surface area contributed by atoms with Crippen molar-refractivity contribution >= 4 is 11.6 Å². The largest absolute Gasteiger partial charge is 0.325 e. The number of rotatable bonds is 1. The highest BCUT2D eigenvalue weighted by Crippen LogP contribution is 2.32. The van der Waals surface area contributed by atoms with Gasteiger partial charge >= 0.3 is 0 Å².